The van der Waals surface area contributed by atoms with Crippen LogP contribution in [-0.4, -0.2) is 47.3 Å². The number of hydrogen-bond acceptors (Lipinski definition) is 4. The van der Waals surface area contributed by atoms with Crippen molar-refractivity contribution in [2.75, 3.05) is 24.5 Å². The molecule has 3 rings (SSSR count). The number of anilines is 1. The van der Waals surface area contributed by atoms with Crippen molar-refractivity contribution in [3.63, 3.8) is 0 Å². The van der Waals surface area contributed by atoms with E-state index in [0.717, 1.165) is 31.7 Å². The third-order valence-corrected chi connectivity index (χ3v) is 5.01. The molecule has 0 aromatic carbocycles. The number of ether oxygens (including phenoxy) is 1. The average molecular weight is 358 g/mol. The Hall–Kier alpha value is -1.20. The Labute approximate surface area is 146 Å². The van der Waals surface area contributed by atoms with Crippen molar-refractivity contribution in [3.05, 3.63) is 22.4 Å². The number of hydrogen-bond donors (Lipinski definition) is 0. The molecule has 23 heavy (non-hydrogen) atoms. The van der Waals surface area contributed by atoms with Crippen LogP contribution >= 0.6 is 23.2 Å². The molecule has 0 bridgehead atoms. The van der Waals surface area contributed by atoms with E-state index in [4.69, 9.17) is 27.9 Å². The van der Waals surface area contributed by atoms with Gasteiger partial charge in [-0.25, -0.2) is 9.78 Å². The summed E-state index contributed by atoms with van der Waals surface area (Å²) in [5, 5.41) is 0.760. The van der Waals surface area contributed by atoms with Gasteiger partial charge in [0, 0.05) is 25.6 Å². The standard InChI is InChI=1S/C16H21Cl2N3O2/c1-16(2,3)23-15(22)21-5-4-10-8-20(9-13(10)21)11-6-12(17)14(18)19-7-11/h6-7,10,13H,4-5,8-9H2,1-3H3/t10-,13+/m1/s1. The molecule has 7 heteroatoms. The number of nitrogens with zero attached hydrogens (tertiary/aromatic N) is 3. The molecule has 0 radical (unpaired) electrons. The number of halogens is 2. The number of pyridine rings is 1. The summed E-state index contributed by atoms with van der Waals surface area (Å²) in [5.41, 5.74) is 0.471. The highest BCUT2D eigenvalue weighted by Gasteiger charge is 2.44. The van der Waals surface area contributed by atoms with Crippen molar-refractivity contribution in [3.8, 4) is 0 Å². The number of carbonyl (C=O) groups excluding carboxylic acids is 1. The molecule has 1 aromatic heterocycles. The van der Waals surface area contributed by atoms with E-state index < -0.39 is 5.60 Å². The molecule has 126 valence electrons. The fraction of sp³-hybridized carbons (Fsp3) is 0.625. The first kappa shape index (κ1) is 16.7. The van der Waals surface area contributed by atoms with Gasteiger partial charge in [0.05, 0.1) is 22.9 Å². The molecule has 0 aliphatic carbocycles. The maximum atomic E-state index is 12.4. The zero-order valence-corrected chi connectivity index (χ0v) is 15.1. The Kier molecular flexibility index (Phi) is 4.36. The highest BCUT2D eigenvalue weighted by atomic mass is 35.5. The van der Waals surface area contributed by atoms with E-state index in [9.17, 15) is 4.79 Å². The molecule has 2 saturated heterocycles. The van der Waals surface area contributed by atoms with Crippen molar-refractivity contribution < 1.29 is 9.53 Å². The summed E-state index contributed by atoms with van der Waals surface area (Å²) in [6, 6.07) is 2.01. The summed E-state index contributed by atoms with van der Waals surface area (Å²) < 4.78 is 5.52. The molecule has 1 amide bonds. The lowest BCUT2D eigenvalue weighted by atomic mass is 10.1. The van der Waals surface area contributed by atoms with Crippen molar-refractivity contribution in [2.45, 2.75) is 38.8 Å². The topological polar surface area (TPSA) is 45.7 Å². The molecule has 5 nitrogen and oxygen atoms in total. The molecule has 2 fully saturated rings. The SMILES string of the molecule is CC(C)(C)OC(=O)N1CC[C@@H]2CN(c3cnc(Cl)c(Cl)c3)C[C@@H]21. The zero-order valence-electron chi connectivity index (χ0n) is 13.6. The van der Waals surface area contributed by atoms with Crippen molar-refractivity contribution in [2.24, 2.45) is 5.92 Å². The summed E-state index contributed by atoms with van der Waals surface area (Å²) in [6.45, 7) is 8.09. The monoisotopic (exact) mass is 357 g/mol. The van der Waals surface area contributed by atoms with Gasteiger partial charge in [0.2, 0.25) is 0 Å². The van der Waals surface area contributed by atoms with Gasteiger partial charge in [-0.1, -0.05) is 23.2 Å². The molecular weight excluding hydrogens is 337 g/mol. The van der Waals surface area contributed by atoms with Crippen LogP contribution in [-0.2, 0) is 4.74 Å². The predicted molar refractivity (Wildman–Crippen MR) is 91.3 cm³/mol. The van der Waals surface area contributed by atoms with Gasteiger partial charge in [-0.2, -0.15) is 0 Å². The summed E-state index contributed by atoms with van der Waals surface area (Å²) in [5.74, 6) is 0.456. The minimum absolute atomic E-state index is 0.180. The van der Waals surface area contributed by atoms with E-state index >= 15 is 0 Å². The highest BCUT2D eigenvalue weighted by molar-refractivity contribution is 6.41. The number of fused-ring (bicyclic) bond motifs is 1. The van der Waals surface area contributed by atoms with Crippen LogP contribution in [0.3, 0.4) is 0 Å². The Bertz CT molecular complexity index is 618. The molecule has 0 unspecified atom stereocenters. The maximum Gasteiger partial charge on any atom is 0.410 e. The Morgan fingerprint density at radius 2 is 2.09 bits per heavy atom. The maximum absolute atomic E-state index is 12.4. The first-order valence-corrected chi connectivity index (χ1v) is 8.56. The molecule has 0 N–H and O–H groups in total. The number of aromatic nitrogens is 1. The Balaban J connectivity index is 1.71. The average Bonchev–Trinajstić information content (AvgIpc) is 2.99. The van der Waals surface area contributed by atoms with Gasteiger partial charge in [0.15, 0.2) is 0 Å². The van der Waals surface area contributed by atoms with E-state index in [2.05, 4.69) is 9.88 Å². The van der Waals surface area contributed by atoms with Crippen molar-refractivity contribution in [1.82, 2.24) is 9.88 Å². The first-order valence-electron chi connectivity index (χ1n) is 7.80. The van der Waals surface area contributed by atoms with Gasteiger partial charge >= 0.3 is 6.09 Å². The zero-order chi connectivity index (χ0) is 16.8. The quantitative estimate of drug-likeness (QED) is 0.716. The normalized spacial score (nSPS) is 24.0. The second kappa shape index (κ2) is 6.02. The number of rotatable bonds is 1. The van der Waals surface area contributed by atoms with Crippen LogP contribution in [0, 0.1) is 5.92 Å². The van der Waals surface area contributed by atoms with E-state index in [-0.39, 0.29) is 12.1 Å². The minimum Gasteiger partial charge on any atom is -0.444 e. The summed E-state index contributed by atoms with van der Waals surface area (Å²) in [7, 11) is 0. The van der Waals surface area contributed by atoms with E-state index in [0.29, 0.717) is 16.1 Å². The number of carbonyl (C=O) groups is 1. The smallest absolute Gasteiger partial charge is 0.410 e. The fourth-order valence-corrected chi connectivity index (χ4v) is 3.57. The first-order chi connectivity index (χ1) is 10.7. The van der Waals surface area contributed by atoms with Crippen molar-refractivity contribution >= 4 is 35.0 Å². The highest BCUT2D eigenvalue weighted by Crippen LogP contribution is 2.36. The molecule has 1 aromatic rings. The lowest BCUT2D eigenvalue weighted by Gasteiger charge is -2.29. The molecule has 2 atom stereocenters. The van der Waals surface area contributed by atoms with Crippen LogP contribution in [0.1, 0.15) is 27.2 Å². The van der Waals surface area contributed by atoms with Crippen LogP contribution in [0.15, 0.2) is 12.3 Å². The van der Waals surface area contributed by atoms with E-state index in [1.807, 2.05) is 31.7 Å². The van der Waals surface area contributed by atoms with Crippen LogP contribution < -0.4 is 4.90 Å². The van der Waals surface area contributed by atoms with Crippen LogP contribution in [0.4, 0.5) is 10.5 Å². The van der Waals surface area contributed by atoms with Gasteiger partial charge in [0.25, 0.3) is 0 Å². The van der Waals surface area contributed by atoms with Gasteiger partial charge in [0.1, 0.15) is 10.8 Å². The third-order valence-electron chi connectivity index (χ3n) is 4.32. The summed E-state index contributed by atoms with van der Waals surface area (Å²) >= 11 is 11.9. The van der Waals surface area contributed by atoms with Gasteiger partial charge in [-0.3, -0.25) is 0 Å². The molecule has 3 heterocycles. The van der Waals surface area contributed by atoms with E-state index in [1.165, 1.54) is 0 Å². The number of likely N-dealkylation sites (tertiary alicyclic amines) is 1. The third kappa shape index (κ3) is 3.50. The lowest BCUT2D eigenvalue weighted by molar-refractivity contribution is 0.0229. The van der Waals surface area contributed by atoms with Crippen LogP contribution in [0.25, 0.3) is 0 Å². The second-order valence-electron chi connectivity index (χ2n) is 7.16. The van der Waals surface area contributed by atoms with Crippen molar-refractivity contribution in [1.29, 1.82) is 0 Å². The van der Waals surface area contributed by atoms with Gasteiger partial charge in [-0.05, 0) is 33.3 Å². The summed E-state index contributed by atoms with van der Waals surface area (Å²) in [6.07, 6.45) is 2.50. The Morgan fingerprint density at radius 1 is 1.35 bits per heavy atom. The lowest BCUT2D eigenvalue weighted by Crippen LogP contribution is -2.42. The number of amides is 1. The predicted octanol–water partition coefficient (Wildman–Crippen LogP) is 3.83. The van der Waals surface area contributed by atoms with Gasteiger partial charge in [-0.15, -0.1) is 0 Å². The molecule has 2 aliphatic rings. The van der Waals surface area contributed by atoms with Crippen LogP contribution in [0.5, 0.6) is 0 Å². The minimum atomic E-state index is -0.471. The molecule has 2 aliphatic heterocycles. The largest absolute Gasteiger partial charge is 0.444 e. The van der Waals surface area contributed by atoms with Gasteiger partial charge < -0.3 is 14.5 Å². The second-order valence-corrected chi connectivity index (χ2v) is 7.93. The Morgan fingerprint density at radius 3 is 2.74 bits per heavy atom. The van der Waals surface area contributed by atoms with E-state index in [1.54, 1.807) is 6.20 Å². The fourth-order valence-electron chi connectivity index (χ4n) is 3.30. The summed E-state index contributed by atoms with van der Waals surface area (Å²) in [4.78, 5) is 20.6. The molecule has 0 spiro atoms. The molecular formula is C16H21Cl2N3O2. The molecule has 0 saturated carbocycles. The van der Waals surface area contributed by atoms with Crippen LogP contribution in [0.2, 0.25) is 10.2 Å².